The van der Waals surface area contributed by atoms with Crippen LogP contribution in [0, 0.1) is 0 Å². The van der Waals surface area contributed by atoms with E-state index < -0.39 is 0 Å². The van der Waals surface area contributed by atoms with Crippen LogP contribution < -0.4 is 20.1 Å². The fraction of sp³-hybridized carbons (Fsp3) is 0.435. The average molecular weight is 385 g/mol. The molecule has 0 aliphatic heterocycles. The second-order valence-electron chi connectivity index (χ2n) is 7.42. The van der Waals surface area contributed by atoms with Gasteiger partial charge in [-0.3, -0.25) is 4.79 Å². The van der Waals surface area contributed by atoms with Gasteiger partial charge < -0.3 is 20.1 Å². The van der Waals surface area contributed by atoms with Gasteiger partial charge in [-0.1, -0.05) is 45.9 Å². The first-order valence-corrected chi connectivity index (χ1v) is 9.75. The second kappa shape index (κ2) is 10.0. The molecule has 28 heavy (non-hydrogen) atoms. The molecule has 0 unspecified atom stereocenters. The minimum Gasteiger partial charge on any atom is -0.493 e. The van der Waals surface area contributed by atoms with Gasteiger partial charge in [0.15, 0.2) is 11.5 Å². The summed E-state index contributed by atoms with van der Waals surface area (Å²) in [5, 5.41) is 6.41. The molecule has 0 aromatic heterocycles. The summed E-state index contributed by atoms with van der Waals surface area (Å²) in [6.07, 6.45) is 0.373. The van der Waals surface area contributed by atoms with Crippen LogP contribution in [0.5, 0.6) is 11.5 Å². The van der Waals surface area contributed by atoms with Crippen molar-refractivity contribution in [3.8, 4) is 11.5 Å². The highest BCUT2D eigenvalue weighted by atomic mass is 16.5. The Balaban J connectivity index is 2.01. The number of para-hydroxylation sites is 1. The topological polar surface area (TPSA) is 59.6 Å². The van der Waals surface area contributed by atoms with Crippen LogP contribution >= 0.6 is 0 Å². The Bertz CT molecular complexity index is 774. The second-order valence-corrected chi connectivity index (χ2v) is 7.42. The Labute approximate surface area is 168 Å². The van der Waals surface area contributed by atoms with Gasteiger partial charge in [-0.15, -0.1) is 0 Å². The maximum atomic E-state index is 12.4. The first-order chi connectivity index (χ1) is 13.4. The fourth-order valence-electron chi connectivity index (χ4n) is 3.19. The summed E-state index contributed by atoms with van der Waals surface area (Å²) in [4.78, 5) is 12.4. The minimum absolute atomic E-state index is 0.0483. The molecule has 0 saturated heterocycles. The van der Waals surface area contributed by atoms with Crippen molar-refractivity contribution >= 4 is 17.3 Å². The zero-order valence-electron chi connectivity index (χ0n) is 17.8. The predicted molar refractivity (Wildman–Crippen MR) is 116 cm³/mol. The molecule has 0 saturated carbocycles. The number of hydrogen-bond acceptors (Lipinski definition) is 4. The molecule has 2 rings (SSSR count). The molecule has 2 aromatic rings. The Kier molecular flexibility index (Phi) is 7.73. The van der Waals surface area contributed by atoms with E-state index in [1.807, 2.05) is 0 Å². The quantitative estimate of drug-likeness (QED) is 0.608. The lowest BCUT2D eigenvalue weighted by molar-refractivity contribution is -0.115. The summed E-state index contributed by atoms with van der Waals surface area (Å²) in [5.41, 5.74) is 4.41. The molecule has 5 nitrogen and oxygen atoms in total. The molecule has 0 heterocycles. The van der Waals surface area contributed by atoms with Crippen LogP contribution in [-0.4, -0.2) is 26.7 Å². The average Bonchev–Trinajstić information content (AvgIpc) is 2.67. The molecule has 1 amide bonds. The van der Waals surface area contributed by atoms with E-state index in [0.717, 1.165) is 5.69 Å². The number of hydrogen-bond donors (Lipinski definition) is 2. The van der Waals surface area contributed by atoms with Gasteiger partial charge in [-0.25, -0.2) is 0 Å². The highest BCUT2D eigenvalue weighted by Crippen LogP contribution is 2.32. The first kappa shape index (κ1) is 21.6. The molecule has 152 valence electrons. The van der Waals surface area contributed by atoms with E-state index in [1.54, 1.807) is 32.4 Å². The smallest absolute Gasteiger partial charge is 0.226 e. The Morgan fingerprint density at radius 2 is 1.54 bits per heavy atom. The monoisotopic (exact) mass is 384 g/mol. The molecule has 0 atom stereocenters. The number of carbonyl (C=O) groups excluding carboxylic acids is 1. The molecule has 0 aliphatic rings. The van der Waals surface area contributed by atoms with Gasteiger partial charge in [0.25, 0.3) is 0 Å². The van der Waals surface area contributed by atoms with Crippen LogP contribution in [0.4, 0.5) is 11.4 Å². The summed E-state index contributed by atoms with van der Waals surface area (Å²) in [6.45, 7) is 9.33. The number of benzene rings is 2. The number of anilines is 2. The summed E-state index contributed by atoms with van der Waals surface area (Å²) in [7, 11) is 3.16. The van der Waals surface area contributed by atoms with Crippen LogP contribution in [-0.2, 0) is 4.79 Å². The molecule has 0 spiro atoms. The third kappa shape index (κ3) is 5.41. The Morgan fingerprint density at radius 3 is 2.07 bits per heavy atom. The predicted octanol–water partition coefficient (Wildman–Crippen LogP) is 5.39. The lowest BCUT2D eigenvalue weighted by Crippen LogP contribution is -2.17. The first-order valence-electron chi connectivity index (χ1n) is 9.75. The number of carbonyl (C=O) groups is 1. The number of ether oxygens (including phenoxy) is 2. The van der Waals surface area contributed by atoms with Crippen molar-refractivity contribution in [3.05, 3.63) is 47.5 Å². The zero-order valence-corrected chi connectivity index (χ0v) is 17.8. The van der Waals surface area contributed by atoms with Gasteiger partial charge in [0.2, 0.25) is 5.91 Å². The van der Waals surface area contributed by atoms with Crippen LogP contribution in [0.3, 0.4) is 0 Å². The van der Waals surface area contributed by atoms with E-state index in [4.69, 9.17) is 9.47 Å². The van der Waals surface area contributed by atoms with Crippen molar-refractivity contribution in [2.24, 2.45) is 0 Å². The maximum absolute atomic E-state index is 12.4. The van der Waals surface area contributed by atoms with Gasteiger partial charge in [0.1, 0.15) is 0 Å². The third-order valence-corrected chi connectivity index (χ3v) is 4.69. The number of amides is 1. The molecule has 2 aromatic carbocycles. The minimum atomic E-state index is -0.0483. The third-order valence-electron chi connectivity index (χ3n) is 4.69. The molecule has 0 aliphatic carbocycles. The molecular formula is C23H32N2O3. The molecule has 0 fully saturated rings. The standard InChI is InChI=1S/C23H32N2O3/c1-15(2)18-8-7-9-19(16(3)4)23(18)24-13-12-22(26)25-17-10-11-20(27-5)21(14-17)28-6/h7-11,14-16,24H,12-13H2,1-6H3,(H,25,26). The van der Waals surface area contributed by atoms with E-state index in [0.29, 0.717) is 42.0 Å². The van der Waals surface area contributed by atoms with E-state index in [9.17, 15) is 4.79 Å². The van der Waals surface area contributed by atoms with Gasteiger partial charge in [-0.05, 0) is 35.1 Å². The van der Waals surface area contributed by atoms with Crippen LogP contribution in [0.15, 0.2) is 36.4 Å². The van der Waals surface area contributed by atoms with Crippen molar-refractivity contribution in [2.75, 3.05) is 31.4 Å². The van der Waals surface area contributed by atoms with Gasteiger partial charge in [-0.2, -0.15) is 0 Å². The lowest BCUT2D eigenvalue weighted by Gasteiger charge is -2.21. The molecule has 0 radical (unpaired) electrons. The van der Waals surface area contributed by atoms with Gasteiger partial charge >= 0.3 is 0 Å². The van der Waals surface area contributed by atoms with Crippen molar-refractivity contribution in [3.63, 3.8) is 0 Å². The summed E-state index contributed by atoms with van der Waals surface area (Å²) < 4.78 is 10.5. The summed E-state index contributed by atoms with van der Waals surface area (Å²) in [6, 6.07) is 11.8. The summed E-state index contributed by atoms with van der Waals surface area (Å²) >= 11 is 0. The lowest BCUT2D eigenvalue weighted by atomic mass is 9.92. The van der Waals surface area contributed by atoms with Crippen LogP contribution in [0.25, 0.3) is 0 Å². The SMILES string of the molecule is COc1ccc(NC(=O)CCNc2c(C(C)C)cccc2C(C)C)cc1OC. The normalized spacial score (nSPS) is 10.9. The van der Waals surface area contributed by atoms with Crippen LogP contribution in [0.2, 0.25) is 0 Å². The maximum Gasteiger partial charge on any atom is 0.226 e. The van der Waals surface area contributed by atoms with E-state index in [1.165, 1.54) is 11.1 Å². The molecular weight excluding hydrogens is 352 g/mol. The Morgan fingerprint density at radius 1 is 0.929 bits per heavy atom. The number of methoxy groups -OCH3 is 2. The largest absolute Gasteiger partial charge is 0.493 e. The van der Waals surface area contributed by atoms with Gasteiger partial charge in [0.05, 0.1) is 14.2 Å². The molecule has 5 heteroatoms. The molecule has 2 N–H and O–H groups in total. The van der Waals surface area contributed by atoms with E-state index in [2.05, 4.69) is 56.5 Å². The van der Waals surface area contributed by atoms with Crippen molar-refractivity contribution in [2.45, 2.75) is 46.0 Å². The summed E-state index contributed by atoms with van der Waals surface area (Å²) in [5.74, 6) is 2.01. The van der Waals surface area contributed by atoms with E-state index in [-0.39, 0.29) is 5.91 Å². The van der Waals surface area contributed by atoms with Crippen molar-refractivity contribution in [1.29, 1.82) is 0 Å². The highest BCUT2D eigenvalue weighted by molar-refractivity contribution is 5.91. The number of nitrogens with one attached hydrogen (secondary N) is 2. The Hall–Kier alpha value is -2.69. The number of rotatable bonds is 9. The van der Waals surface area contributed by atoms with Crippen molar-refractivity contribution in [1.82, 2.24) is 0 Å². The highest BCUT2D eigenvalue weighted by Gasteiger charge is 2.14. The molecule has 0 bridgehead atoms. The zero-order chi connectivity index (χ0) is 20.7. The van der Waals surface area contributed by atoms with Crippen LogP contribution in [0.1, 0.15) is 57.1 Å². The fourth-order valence-corrected chi connectivity index (χ4v) is 3.19. The van der Waals surface area contributed by atoms with Crippen molar-refractivity contribution < 1.29 is 14.3 Å². The van der Waals surface area contributed by atoms with E-state index >= 15 is 0 Å². The van der Waals surface area contributed by atoms with Gasteiger partial charge in [0, 0.05) is 30.4 Å².